The lowest BCUT2D eigenvalue weighted by Crippen LogP contribution is -2.35. The molecule has 0 radical (unpaired) electrons. The maximum Gasteiger partial charge on any atom is 0.182 e. The Balaban J connectivity index is 1.82. The van der Waals surface area contributed by atoms with Crippen LogP contribution in [0.1, 0.15) is 28.5 Å². The highest BCUT2D eigenvalue weighted by Gasteiger charge is 2.24. The average Bonchev–Trinajstić information content (AvgIpc) is 2.96. The Kier molecular flexibility index (Phi) is 4.91. The molecule has 1 N–H and O–H groups in total. The zero-order chi connectivity index (χ0) is 18.0. The summed E-state index contributed by atoms with van der Waals surface area (Å²) < 4.78 is 5.28. The van der Waals surface area contributed by atoms with Gasteiger partial charge in [0.15, 0.2) is 5.78 Å². The van der Waals surface area contributed by atoms with Crippen LogP contribution in [-0.2, 0) is 6.54 Å². The molecule has 4 heteroatoms. The van der Waals surface area contributed by atoms with Crippen LogP contribution in [0.15, 0.2) is 48.5 Å². The van der Waals surface area contributed by atoms with Gasteiger partial charge in [-0.25, -0.2) is 0 Å². The van der Waals surface area contributed by atoms with E-state index in [0.29, 0.717) is 6.54 Å². The molecule has 1 heterocycles. The first-order valence-electron chi connectivity index (χ1n) is 8.46. The number of nitrogens with one attached hydrogen (secondary N) is 1. The lowest BCUT2D eigenvalue weighted by atomic mass is 10.0. The molecule has 0 bridgehead atoms. The second-order valence-electron chi connectivity index (χ2n) is 6.48. The number of ether oxygens (including phenoxy) is 1. The molecule has 0 aliphatic rings. The van der Waals surface area contributed by atoms with E-state index < -0.39 is 0 Å². The molecule has 0 amide bonds. The SMILES string of the molecule is COc1cccc(CN(C)C(C)C(=O)c2c(C)[nH]c3ccccc23)c1. The smallest absolute Gasteiger partial charge is 0.182 e. The second-order valence-corrected chi connectivity index (χ2v) is 6.48. The number of hydrogen-bond donors (Lipinski definition) is 1. The van der Waals surface area contributed by atoms with Gasteiger partial charge in [-0.05, 0) is 44.7 Å². The van der Waals surface area contributed by atoms with Gasteiger partial charge in [0.1, 0.15) is 5.75 Å². The molecule has 3 rings (SSSR count). The highest BCUT2D eigenvalue weighted by atomic mass is 16.5. The van der Waals surface area contributed by atoms with Crippen LogP contribution < -0.4 is 4.74 Å². The number of ketones is 1. The molecular weight excluding hydrogens is 312 g/mol. The summed E-state index contributed by atoms with van der Waals surface area (Å²) in [5, 5.41) is 0.992. The van der Waals surface area contributed by atoms with E-state index in [4.69, 9.17) is 4.74 Å². The third kappa shape index (κ3) is 3.44. The van der Waals surface area contributed by atoms with Crippen LogP contribution in [0.2, 0.25) is 0 Å². The average molecular weight is 336 g/mol. The van der Waals surface area contributed by atoms with Gasteiger partial charge in [-0.3, -0.25) is 9.69 Å². The Morgan fingerprint density at radius 1 is 1.20 bits per heavy atom. The van der Waals surface area contributed by atoms with E-state index in [2.05, 4.69) is 9.88 Å². The number of Topliss-reactive ketones (excluding diaryl/α,β-unsaturated/α-hetero) is 1. The molecule has 0 fully saturated rings. The van der Waals surface area contributed by atoms with Gasteiger partial charge in [0.2, 0.25) is 0 Å². The van der Waals surface area contributed by atoms with Gasteiger partial charge in [0.05, 0.1) is 13.2 Å². The molecule has 0 saturated heterocycles. The minimum Gasteiger partial charge on any atom is -0.497 e. The lowest BCUT2D eigenvalue weighted by molar-refractivity contribution is 0.0863. The number of rotatable bonds is 6. The number of carbonyl (C=O) groups excluding carboxylic acids is 1. The summed E-state index contributed by atoms with van der Waals surface area (Å²) in [6.07, 6.45) is 0. The van der Waals surface area contributed by atoms with Crippen molar-refractivity contribution in [2.75, 3.05) is 14.2 Å². The number of carbonyl (C=O) groups is 1. The summed E-state index contributed by atoms with van der Waals surface area (Å²) in [4.78, 5) is 18.5. The van der Waals surface area contributed by atoms with Crippen molar-refractivity contribution in [1.82, 2.24) is 9.88 Å². The van der Waals surface area contributed by atoms with E-state index in [-0.39, 0.29) is 11.8 Å². The summed E-state index contributed by atoms with van der Waals surface area (Å²) in [5.74, 6) is 0.970. The summed E-state index contributed by atoms with van der Waals surface area (Å²) in [6.45, 7) is 4.61. The van der Waals surface area contributed by atoms with E-state index in [1.165, 1.54) is 0 Å². The molecule has 0 aliphatic carbocycles. The predicted octanol–water partition coefficient (Wildman–Crippen LogP) is 4.19. The van der Waals surface area contributed by atoms with Crippen LogP contribution in [0.3, 0.4) is 0 Å². The van der Waals surface area contributed by atoms with Crippen molar-refractivity contribution in [2.45, 2.75) is 26.4 Å². The zero-order valence-electron chi connectivity index (χ0n) is 15.2. The molecule has 25 heavy (non-hydrogen) atoms. The van der Waals surface area contributed by atoms with Crippen molar-refractivity contribution in [3.63, 3.8) is 0 Å². The minimum absolute atomic E-state index is 0.139. The molecule has 1 atom stereocenters. The molecule has 3 aromatic rings. The highest BCUT2D eigenvalue weighted by Crippen LogP contribution is 2.24. The Labute approximate surface area is 148 Å². The van der Waals surface area contributed by atoms with Crippen molar-refractivity contribution in [3.8, 4) is 5.75 Å². The van der Waals surface area contributed by atoms with E-state index in [9.17, 15) is 4.79 Å². The molecule has 0 saturated carbocycles. The van der Waals surface area contributed by atoms with Crippen molar-refractivity contribution >= 4 is 16.7 Å². The monoisotopic (exact) mass is 336 g/mol. The fourth-order valence-corrected chi connectivity index (χ4v) is 3.20. The maximum absolute atomic E-state index is 13.1. The van der Waals surface area contributed by atoms with Gasteiger partial charge in [0, 0.05) is 28.7 Å². The first-order chi connectivity index (χ1) is 12.0. The number of para-hydroxylation sites is 1. The fourth-order valence-electron chi connectivity index (χ4n) is 3.20. The Bertz CT molecular complexity index is 898. The Morgan fingerprint density at radius 3 is 2.72 bits per heavy atom. The normalized spacial score (nSPS) is 12.5. The van der Waals surface area contributed by atoms with Crippen molar-refractivity contribution in [1.29, 1.82) is 0 Å². The third-order valence-electron chi connectivity index (χ3n) is 4.75. The summed E-state index contributed by atoms with van der Waals surface area (Å²) in [7, 11) is 3.64. The number of H-pyrrole nitrogens is 1. The third-order valence-corrected chi connectivity index (χ3v) is 4.75. The van der Waals surface area contributed by atoms with Crippen LogP contribution in [0.4, 0.5) is 0 Å². The number of nitrogens with zero attached hydrogens (tertiary/aromatic N) is 1. The summed E-state index contributed by atoms with van der Waals surface area (Å²) in [6, 6.07) is 15.7. The molecule has 1 aromatic heterocycles. The number of methoxy groups -OCH3 is 1. The number of aryl methyl sites for hydroxylation is 1. The van der Waals surface area contributed by atoms with Gasteiger partial charge in [-0.2, -0.15) is 0 Å². The van der Waals surface area contributed by atoms with Crippen LogP contribution in [0.5, 0.6) is 5.75 Å². The van der Waals surface area contributed by atoms with E-state index >= 15 is 0 Å². The number of benzene rings is 2. The quantitative estimate of drug-likeness (QED) is 0.687. The van der Waals surface area contributed by atoms with Crippen molar-refractivity contribution in [3.05, 3.63) is 65.4 Å². The van der Waals surface area contributed by atoms with Crippen LogP contribution in [0.25, 0.3) is 10.9 Å². The molecule has 0 spiro atoms. The molecule has 1 unspecified atom stereocenters. The molecular formula is C21H24N2O2. The van der Waals surface area contributed by atoms with E-state index in [1.807, 2.05) is 69.4 Å². The summed E-state index contributed by atoms with van der Waals surface area (Å²) in [5.41, 5.74) is 3.84. The van der Waals surface area contributed by atoms with Crippen LogP contribution in [0, 0.1) is 6.92 Å². The van der Waals surface area contributed by atoms with E-state index in [1.54, 1.807) is 7.11 Å². The lowest BCUT2D eigenvalue weighted by Gasteiger charge is -2.24. The number of fused-ring (bicyclic) bond motifs is 1. The van der Waals surface area contributed by atoms with Gasteiger partial charge >= 0.3 is 0 Å². The number of aromatic amines is 1. The first-order valence-corrected chi connectivity index (χ1v) is 8.46. The topological polar surface area (TPSA) is 45.3 Å². The van der Waals surface area contributed by atoms with Gasteiger partial charge < -0.3 is 9.72 Å². The number of likely N-dealkylation sites (N-methyl/N-ethyl adjacent to an activating group) is 1. The van der Waals surface area contributed by atoms with Crippen LogP contribution >= 0.6 is 0 Å². The Hall–Kier alpha value is -2.59. The minimum atomic E-state index is -0.218. The van der Waals surface area contributed by atoms with Crippen LogP contribution in [-0.4, -0.2) is 35.9 Å². The standard InChI is InChI=1S/C21H24N2O2/c1-14-20(18-10-5-6-11-19(18)22-14)21(24)15(2)23(3)13-16-8-7-9-17(12-16)25-4/h5-12,15,22H,13H2,1-4H3. The fraction of sp³-hybridized carbons (Fsp3) is 0.286. The number of hydrogen-bond acceptors (Lipinski definition) is 3. The first kappa shape index (κ1) is 17.2. The van der Waals surface area contributed by atoms with Crippen molar-refractivity contribution < 1.29 is 9.53 Å². The predicted molar refractivity (Wildman–Crippen MR) is 101 cm³/mol. The van der Waals surface area contributed by atoms with Crippen molar-refractivity contribution in [2.24, 2.45) is 0 Å². The highest BCUT2D eigenvalue weighted by molar-refractivity contribution is 6.11. The molecule has 2 aromatic carbocycles. The largest absolute Gasteiger partial charge is 0.497 e. The number of aromatic nitrogens is 1. The van der Waals surface area contributed by atoms with Gasteiger partial charge in [0.25, 0.3) is 0 Å². The molecule has 130 valence electrons. The molecule has 0 aliphatic heterocycles. The van der Waals surface area contributed by atoms with Gasteiger partial charge in [-0.15, -0.1) is 0 Å². The molecule has 4 nitrogen and oxygen atoms in total. The van der Waals surface area contributed by atoms with E-state index in [0.717, 1.165) is 33.5 Å². The maximum atomic E-state index is 13.1. The second kappa shape index (κ2) is 7.11. The summed E-state index contributed by atoms with van der Waals surface area (Å²) >= 11 is 0. The van der Waals surface area contributed by atoms with Gasteiger partial charge in [-0.1, -0.05) is 30.3 Å². The Morgan fingerprint density at radius 2 is 1.96 bits per heavy atom. The zero-order valence-corrected chi connectivity index (χ0v) is 15.2.